The Balaban J connectivity index is 2.08. The van der Waals surface area contributed by atoms with E-state index < -0.39 is 0 Å². The van der Waals surface area contributed by atoms with E-state index in [0.717, 1.165) is 6.54 Å². The van der Waals surface area contributed by atoms with Crippen LogP contribution in [0, 0.1) is 0 Å². The van der Waals surface area contributed by atoms with Gasteiger partial charge in [-0.3, -0.25) is 9.78 Å². The minimum Gasteiger partial charge on any atom is -0.465 e. The van der Waals surface area contributed by atoms with Gasteiger partial charge in [-0.25, -0.2) is 0 Å². The molecule has 0 spiro atoms. The Bertz CT molecular complexity index is 275. The van der Waals surface area contributed by atoms with Crippen LogP contribution in [0.3, 0.4) is 0 Å². The lowest BCUT2D eigenvalue weighted by Gasteiger charge is -2.04. The van der Waals surface area contributed by atoms with Crippen LogP contribution in [0.5, 0.6) is 0 Å². The molecule has 1 heterocycles. The van der Waals surface area contributed by atoms with Crippen molar-refractivity contribution in [3.8, 4) is 0 Å². The summed E-state index contributed by atoms with van der Waals surface area (Å²) in [5.41, 5.74) is 1.17. The molecule has 0 bridgehead atoms. The van der Waals surface area contributed by atoms with Crippen LogP contribution in [0.1, 0.15) is 12.5 Å². The maximum atomic E-state index is 10.4. The lowest BCUT2D eigenvalue weighted by Crippen LogP contribution is -2.20. The number of hydrogen-bond donors (Lipinski definition) is 1. The summed E-state index contributed by atoms with van der Waals surface area (Å²) in [6, 6.07) is 3.89. The van der Waals surface area contributed by atoms with Gasteiger partial charge in [0.25, 0.3) is 0 Å². The molecule has 1 rings (SSSR count). The number of ether oxygens (including phenoxy) is 1. The number of hydrogen-bond acceptors (Lipinski definition) is 4. The van der Waals surface area contributed by atoms with Gasteiger partial charge in [0.15, 0.2) is 0 Å². The van der Waals surface area contributed by atoms with Gasteiger partial charge in [-0.1, -0.05) is 0 Å². The van der Waals surface area contributed by atoms with E-state index in [2.05, 4.69) is 10.3 Å². The first-order valence-corrected chi connectivity index (χ1v) is 4.52. The van der Waals surface area contributed by atoms with Gasteiger partial charge in [0, 0.05) is 32.4 Å². The Morgan fingerprint density at radius 2 is 2.21 bits per heavy atom. The van der Waals surface area contributed by atoms with Gasteiger partial charge in [0.2, 0.25) is 0 Å². The van der Waals surface area contributed by atoms with Crippen LogP contribution >= 0.6 is 0 Å². The van der Waals surface area contributed by atoms with Crippen molar-refractivity contribution in [2.24, 2.45) is 0 Å². The Morgan fingerprint density at radius 1 is 1.50 bits per heavy atom. The molecular formula is C10H14N2O2. The average Bonchev–Trinajstić information content (AvgIpc) is 2.18. The number of rotatable bonds is 5. The van der Waals surface area contributed by atoms with Gasteiger partial charge in [-0.2, -0.15) is 0 Å². The zero-order valence-electron chi connectivity index (χ0n) is 8.19. The quantitative estimate of drug-likeness (QED) is 0.554. The normalized spacial score (nSPS) is 9.79. The Morgan fingerprint density at radius 3 is 2.86 bits per heavy atom. The zero-order valence-corrected chi connectivity index (χ0v) is 8.19. The molecule has 76 valence electrons. The van der Waals surface area contributed by atoms with E-state index >= 15 is 0 Å². The number of esters is 1. The third-order valence-corrected chi connectivity index (χ3v) is 1.66. The number of carbonyl (C=O) groups excluding carboxylic acids is 1. The predicted octanol–water partition coefficient (Wildman–Crippen LogP) is 0.734. The third kappa shape index (κ3) is 4.57. The van der Waals surface area contributed by atoms with Gasteiger partial charge in [-0.15, -0.1) is 0 Å². The highest BCUT2D eigenvalue weighted by Crippen LogP contribution is 1.93. The number of aromatic nitrogens is 1. The minimum atomic E-state index is -0.240. The fourth-order valence-electron chi connectivity index (χ4n) is 1.00. The zero-order chi connectivity index (χ0) is 10.2. The Kier molecular flexibility index (Phi) is 4.64. The van der Waals surface area contributed by atoms with Crippen LogP contribution in [-0.4, -0.2) is 24.1 Å². The first-order chi connectivity index (χ1) is 6.79. The highest BCUT2D eigenvalue weighted by atomic mass is 16.5. The molecule has 0 aromatic carbocycles. The number of nitrogens with zero attached hydrogens (tertiary/aromatic N) is 1. The molecule has 0 aliphatic rings. The SMILES string of the molecule is CC(=O)OCCNCc1ccncc1. The van der Waals surface area contributed by atoms with Gasteiger partial charge in [0.05, 0.1) is 0 Å². The molecule has 0 fully saturated rings. The van der Waals surface area contributed by atoms with Crippen LogP contribution in [-0.2, 0) is 16.1 Å². The summed E-state index contributed by atoms with van der Waals surface area (Å²) in [4.78, 5) is 14.3. The first kappa shape index (κ1) is 10.7. The molecule has 1 aromatic rings. The lowest BCUT2D eigenvalue weighted by atomic mass is 10.3. The van der Waals surface area contributed by atoms with E-state index in [1.807, 2.05) is 12.1 Å². The van der Waals surface area contributed by atoms with Crippen LogP contribution in [0.2, 0.25) is 0 Å². The molecule has 0 unspecified atom stereocenters. The summed E-state index contributed by atoms with van der Waals surface area (Å²) in [5, 5.41) is 3.15. The maximum absolute atomic E-state index is 10.4. The number of pyridine rings is 1. The van der Waals surface area contributed by atoms with E-state index in [-0.39, 0.29) is 5.97 Å². The fraction of sp³-hybridized carbons (Fsp3) is 0.400. The molecule has 4 nitrogen and oxygen atoms in total. The molecule has 0 radical (unpaired) electrons. The summed E-state index contributed by atoms with van der Waals surface area (Å²) in [6.45, 7) is 3.26. The van der Waals surface area contributed by atoms with Crippen molar-refractivity contribution in [2.75, 3.05) is 13.2 Å². The molecular weight excluding hydrogens is 180 g/mol. The van der Waals surface area contributed by atoms with Crippen LogP contribution in [0.25, 0.3) is 0 Å². The van der Waals surface area contributed by atoms with Crippen LogP contribution < -0.4 is 5.32 Å². The molecule has 0 saturated heterocycles. The van der Waals surface area contributed by atoms with Gasteiger partial charge >= 0.3 is 5.97 Å². The topological polar surface area (TPSA) is 51.2 Å². The van der Waals surface area contributed by atoms with E-state index in [4.69, 9.17) is 4.74 Å². The summed E-state index contributed by atoms with van der Waals surface area (Å²) in [5.74, 6) is -0.240. The molecule has 1 aromatic heterocycles. The van der Waals surface area contributed by atoms with Gasteiger partial charge < -0.3 is 10.1 Å². The van der Waals surface area contributed by atoms with Crippen molar-refractivity contribution < 1.29 is 9.53 Å². The van der Waals surface area contributed by atoms with Crippen molar-refractivity contribution in [1.82, 2.24) is 10.3 Å². The van der Waals surface area contributed by atoms with E-state index in [9.17, 15) is 4.79 Å². The van der Waals surface area contributed by atoms with Crippen LogP contribution in [0.4, 0.5) is 0 Å². The van der Waals surface area contributed by atoms with E-state index in [1.54, 1.807) is 12.4 Å². The summed E-state index contributed by atoms with van der Waals surface area (Å²) < 4.78 is 4.77. The van der Waals surface area contributed by atoms with E-state index in [1.165, 1.54) is 12.5 Å². The number of carbonyl (C=O) groups is 1. The average molecular weight is 194 g/mol. The summed E-state index contributed by atoms with van der Waals surface area (Å²) >= 11 is 0. The smallest absolute Gasteiger partial charge is 0.302 e. The second-order valence-corrected chi connectivity index (χ2v) is 2.87. The summed E-state index contributed by atoms with van der Waals surface area (Å²) in [7, 11) is 0. The monoisotopic (exact) mass is 194 g/mol. The third-order valence-electron chi connectivity index (χ3n) is 1.66. The van der Waals surface area contributed by atoms with Crippen molar-refractivity contribution >= 4 is 5.97 Å². The summed E-state index contributed by atoms with van der Waals surface area (Å²) in [6.07, 6.45) is 3.51. The molecule has 0 aliphatic carbocycles. The lowest BCUT2D eigenvalue weighted by molar-refractivity contribution is -0.140. The molecule has 0 amide bonds. The molecule has 0 aliphatic heterocycles. The molecule has 0 atom stereocenters. The predicted molar refractivity (Wildman–Crippen MR) is 52.6 cm³/mol. The van der Waals surface area contributed by atoms with Crippen molar-refractivity contribution in [3.63, 3.8) is 0 Å². The number of nitrogens with one attached hydrogen (secondary N) is 1. The second-order valence-electron chi connectivity index (χ2n) is 2.87. The van der Waals surface area contributed by atoms with Gasteiger partial charge in [0.1, 0.15) is 6.61 Å². The van der Waals surface area contributed by atoms with Crippen molar-refractivity contribution in [3.05, 3.63) is 30.1 Å². The van der Waals surface area contributed by atoms with Gasteiger partial charge in [-0.05, 0) is 17.7 Å². The van der Waals surface area contributed by atoms with Crippen molar-refractivity contribution in [1.29, 1.82) is 0 Å². The largest absolute Gasteiger partial charge is 0.465 e. The van der Waals surface area contributed by atoms with E-state index in [0.29, 0.717) is 13.2 Å². The van der Waals surface area contributed by atoms with Crippen LogP contribution in [0.15, 0.2) is 24.5 Å². The molecule has 0 saturated carbocycles. The minimum absolute atomic E-state index is 0.240. The highest BCUT2D eigenvalue weighted by Gasteiger charge is 1.93. The molecule has 1 N–H and O–H groups in total. The van der Waals surface area contributed by atoms with Crippen molar-refractivity contribution in [2.45, 2.75) is 13.5 Å². The standard InChI is InChI=1S/C10H14N2O2/c1-9(13)14-7-6-12-8-10-2-4-11-5-3-10/h2-5,12H,6-8H2,1H3. The fourth-order valence-corrected chi connectivity index (χ4v) is 1.00. The Labute approximate surface area is 83.3 Å². The Hall–Kier alpha value is -1.42. The first-order valence-electron chi connectivity index (χ1n) is 4.52. The highest BCUT2D eigenvalue weighted by molar-refractivity contribution is 5.65. The maximum Gasteiger partial charge on any atom is 0.302 e. The molecule has 14 heavy (non-hydrogen) atoms. The second kappa shape index (κ2) is 6.10. The molecule has 4 heteroatoms.